The van der Waals surface area contributed by atoms with Crippen LogP contribution in [0.1, 0.15) is 34.3 Å². The second-order valence-electron chi connectivity index (χ2n) is 8.19. The van der Waals surface area contributed by atoms with Gasteiger partial charge in [-0.1, -0.05) is 89.9 Å². The summed E-state index contributed by atoms with van der Waals surface area (Å²) in [5, 5.41) is 4.61. The number of halogens is 2. The lowest BCUT2D eigenvalue weighted by Crippen LogP contribution is -2.37. The number of benzene rings is 4. The number of amides is 1. The van der Waals surface area contributed by atoms with Crippen LogP contribution in [-0.4, -0.2) is 11.9 Å². The Morgan fingerprint density at radius 3 is 1.88 bits per heavy atom. The molecule has 0 aliphatic rings. The Bertz CT molecular complexity index is 1190. The van der Waals surface area contributed by atoms with Crippen LogP contribution in [0.4, 0.5) is 0 Å². The molecule has 33 heavy (non-hydrogen) atoms. The minimum absolute atomic E-state index is 0.0796. The number of hydrogen-bond acceptors (Lipinski definition) is 1. The highest BCUT2D eigenvalue weighted by atomic mass is 35.5. The van der Waals surface area contributed by atoms with Gasteiger partial charge in [0.2, 0.25) is 0 Å². The van der Waals surface area contributed by atoms with E-state index in [9.17, 15) is 4.79 Å². The minimum atomic E-state index is -0.0943. The van der Waals surface area contributed by atoms with Crippen molar-refractivity contribution in [3.8, 4) is 11.1 Å². The fourth-order valence-electron chi connectivity index (χ4n) is 4.00. The topological polar surface area (TPSA) is 29.1 Å². The van der Waals surface area contributed by atoms with E-state index in [4.69, 9.17) is 23.2 Å². The van der Waals surface area contributed by atoms with Gasteiger partial charge < -0.3 is 5.32 Å². The van der Waals surface area contributed by atoms with Gasteiger partial charge in [0.25, 0.3) is 5.91 Å². The van der Waals surface area contributed by atoms with Gasteiger partial charge in [-0.25, -0.2) is 0 Å². The summed E-state index contributed by atoms with van der Waals surface area (Å²) in [4.78, 5) is 13.0. The van der Waals surface area contributed by atoms with Gasteiger partial charge in [0.1, 0.15) is 0 Å². The normalized spacial score (nSPS) is 12.7. The molecule has 0 fully saturated rings. The van der Waals surface area contributed by atoms with Gasteiger partial charge >= 0.3 is 0 Å². The first-order chi connectivity index (χ1) is 16.0. The third kappa shape index (κ3) is 6.04. The van der Waals surface area contributed by atoms with Gasteiger partial charge in [0.05, 0.1) is 0 Å². The van der Waals surface area contributed by atoms with Crippen molar-refractivity contribution in [1.29, 1.82) is 0 Å². The SMILES string of the molecule is CC(NC(=O)c1ccc(-c2ccccc2)cc1)C(Cc1ccc(Cl)cc1)c1ccc(Cl)cc1. The maximum absolute atomic E-state index is 13.0. The number of hydrogen-bond donors (Lipinski definition) is 1. The maximum atomic E-state index is 13.0. The van der Waals surface area contributed by atoms with Gasteiger partial charge in [0, 0.05) is 27.6 Å². The second kappa shape index (κ2) is 10.7. The van der Waals surface area contributed by atoms with E-state index in [1.807, 2.05) is 97.9 Å². The molecule has 1 N–H and O–H groups in total. The standard InChI is InChI=1S/C29H25Cl2NO/c1-20(32-29(33)25-11-9-23(10-12-25)22-5-3-2-4-6-22)28(24-13-17-27(31)18-14-24)19-21-7-15-26(30)16-8-21/h2-18,20,28H,19H2,1H3,(H,32,33). The van der Waals surface area contributed by atoms with Crippen LogP contribution in [0.25, 0.3) is 11.1 Å². The summed E-state index contributed by atoms with van der Waals surface area (Å²) in [6.07, 6.45) is 0.771. The molecule has 4 heteroatoms. The Balaban J connectivity index is 1.51. The molecule has 0 heterocycles. The Morgan fingerprint density at radius 2 is 1.27 bits per heavy atom. The molecule has 0 aliphatic heterocycles. The average molecular weight is 474 g/mol. The van der Waals surface area contributed by atoms with Crippen LogP contribution < -0.4 is 5.32 Å². The summed E-state index contributed by atoms with van der Waals surface area (Å²) in [6.45, 7) is 2.05. The monoisotopic (exact) mass is 473 g/mol. The molecule has 0 saturated carbocycles. The van der Waals surface area contributed by atoms with Gasteiger partial charge in [-0.05, 0) is 72.0 Å². The highest BCUT2D eigenvalue weighted by molar-refractivity contribution is 6.30. The highest BCUT2D eigenvalue weighted by Crippen LogP contribution is 2.27. The zero-order chi connectivity index (χ0) is 23.2. The predicted molar refractivity (Wildman–Crippen MR) is 138 cm³/mol. The smallest absolute Gasteiger partial charge is 0.251 e. The number of nitrogens with one attached hydrogen (secondary N) is 1. The molecule has 0 spiro atoms. The molecule has 1 amide bonds. The molecular weight excluding hydrogens is 449 g/mol. The molecule has 4 aromatic rings. The predicted octanol–water partition coefficient (Wildman–Crippen LogP) is 7.81. The summed E-state index contributed by atoms with van der Waals surface area (Å²) in [5.74, 6) is -0.00633. The summed E-state index contributed by atoms with van der Waals surface area (Å²) >= 11 is 12.2. The van der Waals surface area contributed by atoms with Crippen molar-refractivity contribution in [1.82, 2.24) is 5.32 Å². The summed E-state index contributed by atoms with van der Waals surface area (Å²) in [6, 6.07) is 33.5. The average Bonchev–Trinajstić information content (AvgIpc) is 2.85. The van der Waals surface area contributed by atoms with Gasteiger partial charge in [-0.3, -0.25) is 4.79 Å². The van der Waals surface area contributed by atoms with Gasteiger partial charge in [-0.15, -0.1) is 0 Å². The van der Waals surface area contributed by atoms with Crippen molar-refractivity contribution < 1.29 is 4.79 Å². The molecule has 0 aliphatic carbocycles. The van der Waals surface area contributed by atoms with Crippen molar-refractivity contribution in [2.24, 2.45) is 0 Å². The van der Waals surface area contributed by atoms with E-state index in [1.165, 1.54) is 0 Å². The van der Waals surface area contributed by atoms with Crippen LogP contribution in [0.15, 0.2) is 103 Å². The van der Waals surface area contributed by atoms with Crippen LogP contribution in [0.2, 0.25) is 10.0 Å². The first-order valence-electron chi connectivity index (χ1n) is 11.0. The van der Waals surface area contributed by atoms with E-state index >= 15 is 0 Å². The number of rotatable bonds is 7. The molecule has 0 bridgehead atoms. The fourth-order valence-corrected chi connectivity index (χ4v) is 4.26. The fraction of sp³-hybridized carbons (Fsp3) is 0.138. The molecule has 4 aromatic carbocycles. The van der Waals surface area contributed by atoms with E-state index in [0.29, 0.717) is 15.6 Å². The zero-order valence-electron chi connectivity index (χ0n) is 18.3. The van der Waals surface area contributed by atoms with E-state index in [2.05, 4.69) is 17.4 Å². The van der Waals surface area contributed by atoms with Gasteiger partial charge in [-0.2, -0.15) is 0 Å². The molecule has 0 radical (unpaired) electrons. The van der Waals surface area contributed by atoms with Crippen molar-refractivity contribution in [2.45, 2.75) is 25.3 Å². The second-order valence-corrected chi connectivity index (χ2v) is 9.07. The third-order valence-electron chi connectivity index (χ3n) is 5.88. The van der Waals surface area contributed by atoms with E-state index in [-0.39, 0.29) is 17.9 Å². The first kappa shape index (κ1) is 23.1. The van der Waals surface area contributed by atoms with E-state index < -0.39 is 0 Å². The molecule has 2 nitrogen and oxygen atoms in total. The summed E-state index contributed by atoms with van der Waals surface area (Å²) in [7, 11) is 0. The lowest BCUT2D eigenvalue weighted by molar-refractivity contribution is 0.0934. The molecule has 0 saturated heterocycles. The molecule has 166 valence electrons. The molecule has 2 unspecified atom stereocenters. The van der Waals surface area contributed by atoms with Crippen molar-refractivity contribution >= 4 is 29.1 Å². The number of carbonyl (C=O) groups is 1. The molecular formula is C29H25Cl2NO. The van der Waals surface area contributed by atoms with Crippen molar-refractivity contribution in [2.75, 3.05) is 0 Å². The van der Waals surface area contributed by atoms with E-state index in [0.717, 1.165) is 28.7 Å². The Hall–Kier alpha value is -3.07. The lowest BCUT2D eigenvalue weighted by atomic mass is 9.86. The van der Waals surface area contributed by atoms with Crippen LogP contribution in [-0.2, 0) is 6.42 Å². The lowest BCUT2D eigenvalue weighted by Gasteiger charge is -2.26. The molecule has 4 rings (SSSR count). The van der Waals surface area contributed by atoms with Crippen LogP contribution in [0.5, 0.6) is 0 Å². The Labute approximate surface area is 205 Å². The quantitative estimate of drug-likeness (QED) is 0.291. The van der Waals surface area contributed by atoms with E-state index in [1.54, 1.807) is 0 Å². The first-order valence-corrected chi connectivity index (χ1v) is 11.7. The van der Waals surface area contributed by atoms with Crippen LogP contribution in [0.3, 0.4) is 0 Å². The molecule has 2 atom stereocenters. The largest absolute Gasteiger partial charge is 0.349 e. The summed E-state index contributed by atoms with van der Waals surface area (Å²) in [5.41, 5.74) is 5.14. The van der Waals surface area contributed by atoms with Crippen molar-refractivity contribution in [3.63, 3.8) is 0 Å². The zero-order valence-corrected chi connectivity index (χ0v) is 19.9. The van der Waals surface area contributed by atoms with Crippen molar-refractivity contribution in [3.05, 3.63) is 130 Å². The Kier molecular flexibility index (Phi) is 7.49. The Morgan fingerprint density at radius 1 is 0.727 bits per heavy atom. The van der Waals surface area contributed by atoms with Gasteiger partial charge in [0.15, 0.2) is 0 Å². The molecule has 0 aromatic heterocycles. The highest BCUT2D eigenvalue weighted by Gasteiger charge is 2.22. The minimum Gasteiger partial charge on any atom is -0.349 e. The third-order valence-corrected chi connectivity index (χ3v) is 6.39. The summed E-state index contributed by atoms with van der Waals surface area (Å²) < 4.78 is 0. The maximum Gasteiger partial charge on any atom is 0.251 e. The number of carbonyl (C=O) groups excluding carboxylic acids is 1. The van der Waals surface area contributed by atoms with Crippen LogP contribution >= 0.6 is 23.2 Å². The van der Waals surface area contributed by atoms with Crippen LogP contribution in [0, 0.1) is 0 Å².